The van der Waals surface area contributed by atoms with Crippen LogP contribution in [0.1, 0.15) is 28.2 Å². The summed E-state index contributed by atoms with van der Waals surface area (Å²) in [5, 5.41) is 4.21. The molecule has 1 aromatic heterocycles. The Morgan fingerprint density at radius 2 is 1.96 bits per heavy atom. The van der Waals surface area contributed by atoms with E-state index in [9.17, 15) is 14.4 Å². The van der Waals surface area contributed by atoms with Gasteiger partial charge in [-0.05, 0) is 42.6 Å². The van der Waals surface area contributed by atoms with Gasteiger partial charge in [0, 0.05) is 23.2 Å². The van der Waals surface area contributed by atoms with Crippen molar-refractivity contribution in [3.05, 3.63) is 52.2 Å². The Hall–Kier alpha value is -2.67. The Balaban J connectivity index is 1.74. The molecule has 1 aliphatic heterocycles. The number of imide groups is 1. The van der Waals surface area contributed by atoms with E-state index in [1.807, 2.05) is 24.4 Å². The summed E-state index contributed by atoms with van der Waals surface area (Å²) < 4.78 is 0. The smallest absolute Gasteiger partial charge is 0.329 e. The van der Waals surface area contributed by atoms with Crippen LogP contribution in [0.3, 0.4) is 0 Å². The first-order chi connectivity index (χ1) is 11.5. The van der Waals surface area contributed by atoms with Gasteiger partial charge in [-0.15, -0.1) is 11.3 Å². The van der Waals surface area contributed by atoms with Crippen LogP contribution >= 0.6 is 11.3 Å². The highest BCUT2D eigenvalue weighted by Crippen LogP contribution is 2.25. The van der Waals surface area contributed by atoms with E-state index >= 15 is 0 Å². The Morgan fingerprint density at radius 1 is 1.25 bits per heavy atom. The largest absolute Gasteiger partial charge is 0.334 e. The minimum absolute atomic E-state index is 0.00143. The van der Waals surface area contributed by atoms with E-state index in [-0.39, 0.29) is 24.4 Å². The van der Waals surface area contributed by atoms with Crippen molar-refractivity contribution in [1.29, 1.82) is 0 Å². The minimum atomic E-state index is -0.442. The molecule has 2 aromatic rings. The number of carbonyl (C=O) groups excluding carboxylic acids is 3. The predicted molar refractivity (Wildman–Crippen MR) is 92.2 cm³/mol. The van der Waals surface area contributed by atoms with Gasteiger partial charge in [0.25, 0.3) is 5.91 Å². The molecule has 1 atom stereocenters. The molecule has 1 aliphatic rings. The second kappa shape index (κ2) is 6.45. The standard InChI is InChI=1S/C17H17N3O3S/c1-11(14-4-3-9-24-14)19(2)16(22)12-5-7-13(8-6-12)20-10-15(21)18-17(20)23/h3-9,11H,10H2,1-2H3,(H,18,21,23). The van der Waals surface area contributed by atoms with Crippen molar-refractivity contribution < 1.29 is 14.4 Å². The van der Waals surface area contributed by atoms with Crippen LogP contribution in [0.4, 0.5) is 10.5 Å². The highest BCUT2D eigenvalue weighted by molar-refractivity contribution is 7.10. The number of nitrogens with zero attached hydrogens (tertiary/aromatic N) is 2. The molecule has 24 heavy (non-hydrogen) atoms. The third-order valence-electron chi connectivity index (χ3n) is 4.08. The summed E-state index contributed by atoms with van der Waals surface area (Å²) in [4.78, 5) is 39.7. The number of urea groups is 1. The second-order valence-corrected chi connectivity index (χ2v) is 6.57. The van der Waals surface area contributed by atoms with Gasteiger partial charge in [-0.25, -0.2) is 4.79 Å². The molecule has 0 saturated carbocycles. The average Bonchev–Trinajstić information content (AvgIpc) is 3.22. The van der Waals surface area contributed by atoms with E-state index in [0.29, 0.717) is 11.3 Å². The van der Waals surface area contributed by atoms with E-state index in [4.69, 9.17) is 0 Å². The fourth-order valence-corrected chi connectivity index (χ4v) is 3.36. The van der Waals surface area contributed by atoms with Crippen molar-refractivity contribution in [3.63, 3.8) is 0 Å². The van der Waals surface area contributed by atoms with Crippen molar-refractivity contribution in [2.24, 2.45) is 0 Å². The Bertz CT molecular complexity index is 771. The van der Waals surface area contributed by atoms with Crippen LogP contribution in [0.15, 0.2) is 41.8 Å². The van der Waals surface area contributed by atoms with Gasteiger partial charge >= 0.3 is 6.03 Å². The van der Waals surface area contributed by atoms with Gasteiger partial charge in [0.15, 0.2) is 0 Å². The molecule has 2 heterocycles. The fourth-order valence-electron chi connectivity index (χ4n) is 2.53. The Labute approximate surface area is 143 Å². The van der Waals surface area contributed by atoms with Crippen molar-refractivity contribution in [2.45, 2.75) is 13.0 Å². The van der Waals surface area contributed by atoms with Crippen molar-refractivity contribution in [2.75, 3.05) is 18.5 Å². The first-order valence-electron chi connectivity index (χ1n) is 7.49. The molecule has 1 saturated heterocycles. The average molecular weight is 343 g/mol. The normalized spacial score (nSPS) is 15.3. The van der Waals surface area contributed by atoms with E-state index < -0.39 is 6.03 Å². The summed E-state index contributed by atoms with van der Waals surface area (Å²) in [5.74, 6) is -0.422. The van der Waals surface area contributed by atoms with Gasteiger partial charge in [-0.2, -0.15) is 0 Å². The predicted octanol–water partition coefficient (Wildman–Crippen LogP) is 2.64. The lowest BCUT2D eigenvalue weighted by Crippen LogP contribution is -2.30. The van der Waals surface area contributed by atoms with E-state index in [1.54, 1.807) is 47.5 Å². The first kappa shape index (κ1) is 16.2. The highest BCUT2D eigenvalue weighted by Gasteiger charge is 2.28. The number of anilines is 1. The van der Waals surface area contributed by atoms with Gasteiger partial charge in [-0.3, -0.25) is 19.8 Å². The molecule has 1 N–H and O–H groups in total. The van der Waals surface area contributed by atoms with Crippen LogP contribution < -0.4 is 10.2 Å². The maximum absolute atomic E-state index is 12.6. The Morgan fingerprint density at radius 3 is 2.50 bits per heavy atom. The van der Waals surface area contributed by atoms with Gasteiger partial charge in [-0.1, -0.05) is 6.07 Å². The van der Waals surface area contributed by atoms with Gasteiger partial charge in [0.1, 0.15) is 6.54 Å². The fraction of sp³-hybridized carbons (Fsp3) is 0.235. The van der Waals surface area contributed by atoms with E-state index in [0.717, 1.165) is 4.88 Å². The number of thiophene rings is 1. The SMILES string of the molecule is CC(c1cccs1)N(C)C(=O)c1ccc(N2CC(=O)NC2=O)cc1. The molecule has 4 amide bonds. The summed E-state index contributed by atoms with van der Waals surface area (Å²) in [6.45, 7) is 1.99. The van der Waals surface area contributed by atoms with Crippen LogP contribution in [0.2, 0.25) is 0 Å². The molecule has 124 valence electrons. The number of hydrogen-bond donors (Lipinski definition) is 1. The minimum Gasteiger partial charge on any atom is -0.334 e. The third-order valence-corrected chi connectivity index (χ3v) is 5.12. The monoisotopic (exact) mass is 343 g/mol. The first-order valence-corrected chi connectivity index (χ1v) is 8.37. The molecular formula is C17H17N3O3S. The van der Waals surface area contributed by atoms with Crippen LogP contribution in [0, 0.1) is 0 Å². The number of carbonyl (C=O) groups is 3. The topological polar surface area (TPSA) is 69.7 Å². The van der Waals surface area contributed by atoms with Crippen LogP contribution in [-0.4, -0.2) is 36.3 Å². The lowest BCUT2D eigenvalue weighted by atomic mass is 10.1. The van der Waals surface area contributed by atoms with E-state index in [1.165, 1.54) is 4.90 Å². The zero-order valence-corrected chi connectivity index (χ0v) is 14.2. The van der Waals surface area contributed by atoms with Crippen LogP contribution in [0.25, 0.3) is 0 Å². The van der Waals surface area contributed by atoms with Crippen molar-refractivity contribution >= 4 is 34.9 Å². The third kappa shape index (κ3) is 3.03. The van der Waals surface area contributed by atoms with E-state index in [2.05, 4.69) is 5.32 Å². The number of amides is 4. The summed E-state index contributed by atoms with van der Waals surface area (Å²) in [6, 6.07) is 10.2. The molecule has 0 aliphatic carbocycles. The summed E-state index contributed by atoms with van der Waals surface area (Å²) >= 11 is 1.61. The zero-order chi connectivity index (χ0) is 17.3. The molecule has 0 spiro atoms. The zero-order valence-electron chi connectivity index (χ0n) is 13.4. The summed E-state index contributed by atoms with van der Waals surface area (Å²) in [6.07, 6.45) is 0. The molecule has 1 aromatic carbocycles. The molecular weight excluding hydrogens is 326 g/mol. The molecule has 0 radical (unpaired) electrons. The molecule has 1 fully saturated rings. The van der Waals surface area contributed by atoms with Crippen LogP contribution in [0.5, 0.6) is 0 Å². The quantitative estimate of drug-likeness (QED) is 0.868. The molecule has 3 rings (SSSR count). The van der Waals surface area contributed by atoms with Gasteiger partial charge in [0.2, 0.25) is 5.91 Å². The number of benzene rings is 1. The highest BCUT2D eigenvalue weighted by atomic mass is 32.1. The maximum Gasteiger partial charge on any atom is 0.329 e. The molecule has 1 unspecified atom stereocenters. The Kier molecular flexibility index (Phi) is 4.35. The lowest BCUT2D eigenvalue weighted by molar-refractivity contribution is -0.117. The molecule has 0 bridgehead atoms. The van der Waals surface area contributed by atoms with Crippen LogP contribution in [-0.2, 0) is 4.79 Å². The lowest BCUT2D eigenvalue weighted by Gasteiger charge is -2.24. The molecule has 7 heteroatoms. The van der Waals surface area contributed by atoms with Gasteiger partial charge < -0.3 is 4.90 Å². The van der Waals surface area contributed by atoms with Crippen molar-refractivity contribution in [3.8, 4) is 0 Å². The van der Waals surface area contributed by atoms with Crippen molar-refractivity contribution in [1.82, 2.24) is 10.2 Å². The maximum atomic E-state index is 12.6. The summed E-state index contributed by atoms with van der Waals surface area (Å²) in [5.41, 5.74) is 1.12. The number of nitrogens with one attached hydrogen (secondary N) is 1. The van der Waals surface area contributed by atoms with Gasteiger partial charge in [0.05, 0.1) is 6.04 Å². The second-order valence-electron chi connectivity index (χ2n) is 5.59. The number of hydrogen-bond acceptors (Lipinski definition) is 4. The molecule has 6 nitrogen and oxygen atoms in total. The number of rotatable bonds is 4. The summed E-state index contributed by atoms with van der Waals surface area (Å²) in [7, 11) is 1.77.